The van der Waals surface area contributed by atoms with Gasteiger partial charge in [-0.1, -0.05) is 71.8 Å². The zero-order chi connectivity index (χ0) is 24.9. The molecular weight excluding hydrogens is 422 g/mol. The third-order valence-corrected chi connectivity index (χ3v) is 6.90. The molecule has 3 fully saturated rings. The Hall–Kier alpha value is -1.88. The van der Waals surface area contributed by atoms with E-state index in [1.54, 1.807) is 19.3 Å². The Morgan fingerprint density at radius 1 is 1.18 bits per heavy atom. The van der Waals surface area contributed by atoms with Crippen molar-refractivity contribution in [3.05, 3.63) is 30.1 Å². The number of aliphatic imine (C=N–C) groups is 1. The van der Waals surface area contributed by atoms with E-state index in [0.717, 1.165) is 41.8 Å². The highest BCUT2D eigenvalue weighted by Gasteiger charge is 2.27. The Kier molecular flexibility index (Phi) is 12.7. The minimum absolute atomic E-state index is 0.0180. The molecule has 0 radical (unpaired) electrons. The molecule has 3 saturated carbocycles. The predicted molar refractivity (Wildman–Crippen MR) is 144 cm³/mol. The number of aliphatic hydroxyl groups excluding tert-OH is 1. The maximum atomic E-state index is 11.7. The van der Waals surface area contributed by atoms with Crippen LogP contribution in [0.3, 0.4) is 0 Å². The fourth-order valence-electron chi connectivity index (χ4n) is 4.54. The van der Waals surface area contributed by atoms with E-state index in [1.807, 2.05) is 6.92 Å². The number of hydrogen-bond donors (Lipinski definition) is 3. The fourth-order valence-corrected chi connectivity index (χ4v) is 4.54. The lowest BCUT2D eigenvalue weighted by atomic mass is 9.85. The average molecular weight is 472 g/mol. The van der Waals surface area contributed by atoms with E-state index in [0.29, 0.717) is 11.5 Å². The Labute approximate surface area is 207 Å². The van der Waals surface area contributed by atoms with Crippen molar-refractivity contribution in [2.24, 2.45) is 22.7 Å². The van der Waals surface area contributed by atoms with Crippen LogP contribution < -0.4 is 5.32 Å². The normalized spacial score (nSPS) is 19.3. The minimum atomic E-state index is -0.118. The minimum Gasteiger partial charge on any atom is -0.393 e. The fraction of sp³-hybridized carbons (Fsp3) is 0.724. The number of H-pyrrole nitrogens is 1. The van der Waals surface area contributed by atoms with Gasteiger partial charge in [0.25, 0.3) is 5.91 Å². The molecule has 0 aliphatic heterocycles. The Morgan fingerprint density at radius 2 is 1.82 bits per heavy atom. The number of carbonyl (C=O) groups is 1. The van der Waals surface area contributed by atoms with Gasteiger partial charge >= 0.3 is 0 Å². The van der Waals surface area contributed by atoms with Crippen molar-refractivity contribution < 1.29 is 9.90 Å². The topological polar surface area (TPSA) is 77.5 Å². The molecule has 3 N–H and O–H groups in total. The van der Waals surface area contributed by atoms with E-state index in [-0.39, 0.29) is 12.0 Å². The van der Waals surface area contributed by atoms with Gasteiger partial charge in [-0.3, -0.25) is 9.79 Å². The molecule has 0 saturated heterocycles. The first-order chi connectivity index (χ1) is 16.4. The number of aromatic amines is 1. The smallest absolute Gasteiger partial charge is 0.254 e. The second kappa shape index (κ2) is 15.2. The molecule has 0 bridgehead atoms. The summed E-state index contributed by atoms with van der Waals surface area (Å²) < 4.78 is 0. The van der Waals surface area contributed by atoms with Crippen LogP contribution in [0, 0.1) is 24.7 Å². The van der Waals surface area contributed by atoms with Crippen molar-refractivity contribution in [2.45, 2.75) is 110 Å². The lowest BCUT2D eigenvalue weighted by molar-refractivity contribution is 0.0964. The van der Waals surface area contributed by atoms with E-state index < -0.39 is 0 Å². The number of aliphatic hydroxyl groups is 1. The van der Waals surface area contributed by atoms with Crippen LogP contribution in [0.1, 0.15) is 113 Å². The van der Waals surface area contributed by atoms with Crippen molar-refractivity contribution >= 4 is 17.3 Å². The molecule has 5 heteroatoms. The van der Waals surface area contributed by atoms with Gasteiger partial charge in [0.2, 0.25) is 0 Å². The first kappa shape index (κ1) is 28.4. The van der Waals surface area contributed by atoms with Crippen molar-refractivity contribution in [3.8, 4) is 0 Å². The summed E-state index contributed by atoms with van der Waals surface area (Å²) in [5.74, 6) is 2.24. The zero-order valence-electron chi connectivity index (χ0n) is 22.2. The Morgan fingerprint density at radius 3 is 2.35 bits per heavy atom. The van der Waals surface area contributed by atoms with Crippen LogP contribution >= 0.6 is 0 Å². The Balaban J connectivity index is 0.000000219. The summed E-state index contributed by atoms with van der Waals surface area (Å²) in [6, 6.07) is 0. The summed E-state index contributed by atoms with van der Waals surface area (Å²) >= 11 is 0. The third kappa shape index (κ3) is 10.2. The molecule has 1 heterocycles. The van der Waals surface area contributed by atoms with Gasteiger partial charge in [-0.25, -0.2) is 0 Å². The highest BCUT2D eigenvalue weighted by atomic mass is 16.3. The number of nitrogens with one attached hydrogen (secondary N) is 2. The summed E-state index contributed by atoms with van der Waals surface area (Å²) in [7, 11) is 1.62. The van der Waals surface area contributed by atoms with Crippen molar-refractivity contribution in [3.63, 3.8) is 0 Å². The second-order valence-corrected chi connectivity index (χ2v) is 10.4. The number of allylic oxidation sites excluding steroid dienone is 1. The maximum Gasteiger partial charge on any atom is 0.254 e. The van der Waals surface area contributed by atoms with Crippen molar-refractivity contribution in [1.29, 1.82) is 0 Å². The predicted octanol–water partition coefficient (Wildman–Crippen LogP) is 7.28. The van der Waals surface area contributed by atoms with E-state index in [2.05, 4.69) is 35.7 Å². The number of aromatic nitrogens is 1. The standard InChI is InChI=1S/C13H17N3O.C13H24O.C3H8/c1-4-11(9-5-6-9)16-12-8(2)15-7-10(12)13(17)14-3;14-13(10-12-6-7-12)9-8-11-4-2-1-3-5-11;1-3-2/h4,7,9,15H,1,5-6H2,2-3H3,(H,14,17);11-14H,1-10H2;3H2,1-2H3. The number of carbonyl (C=O) groups excluding carboxylic acids is 1. The Bertz CT molecular complexity index is 768. The molecule has 5 nitrogen and oxygen atoms in total. The summed E-state index contributed by atoms with van der Waals surface area (Å²) in [5, 5.41) is 12.4. The van der Waals surface area contributed by atoms with Gasteiger partial charge in [0, 0.05) is 30.6 Å². The van der Waals surface area contributed by atoms with Crippen molar-refractivity contribution in [2.75, 3.05) is 7.05 Å². The zero-order valence-corrected chi connectivity index (χ0v) is 22.2. The molecule has 1 aromatic rings. The van der Waals surface area contributed by atoms with Gasteiger partial charge in [-0.15, -0.1) is 0 Å². The number of aryl methyl sites for hydroxylation is 1. The van der Waals surface area contributed by atoms with Crippen LogP contribution in [0.5, 0.6) is 0 Å². The van der Waals surface area contributed by atoms with Crippen LogP contribution in [-0.2, 0) is 0 Å². The van der Waals surface area contributed by atoms with Crippen LogP contribution in [-0.4, -0.2) is 34.9 Å². The molecular formula is C29H49N3O2. The van der Waals surface area contributed by atoms with Gasteiger partial charge in [0.1, 0.15) is 0 Å². The average Bonchev–Trinajstić information content (AvgIpc) is 3.78. The van der Waals surface area contributed by atoms with E-state index >= 15 is 0 Å². The van der Waals surface area contributed by atoms with Crippen LogP contribution in [0.4, 0.5) is 5.69 Å². The molecule has 3 aliphatic rings. The third-order valence-electron chi connectivity index (χ3n) is 6.90. The van der Waals surface area contributed by atoms with Crippen LogP contribution in [0.2, 0.25) is 0 Å². The van der Waals surface area contributed by atoms with Crippen LogP contribution in [0.25, 0.3) is 0 Å². The molecule has 3 aliphatic carbocycles. The van der Waals surface area contributed by atoms with Gasteiger partial charge in [-0.05, 0) is 56.9 Å². The molecule has 34 heavy (non-hydrogen) atoms. The highest BCUT2D eigenvalue weighted by Crippen LogP contribution is 2.36. The molecule has 0 aromatic carbocycles. The number of rotatable bonds is 9. The van der Waals surface area contributed by atoms with Crippen molar-refractivity contribution in [1.82, 2.24) is 10.3 Å². The van der Waals surface area contributed by atoms with E-state index in [9.17, 15) is 9.90 Å². The molecule has 1 aromatic heterocycles. The van der Waals surface area contributed by atoms with Gasteiger partial charge < -0.3 is 15.4 Å². The lowest BCUT2D eigenvalue weighted by Gasteiger charge is -2.22. The maximum absolute atomic E-state index is 11.7. The molecule has 1 unspecified atom stereocenters. The molecule has 0 spiro atoms. The first-order valence-corrected chi connectivity index (χ1v) is 13.7. The van der Waals surface area contributed by atoms with Gasteiger partial charge in [-0.2, -0.15) is 0 Å². The van der Waals surface area contributed by atoms with Crippen LogP contribution in [0.15, 0.2) is 23.8 Å². The quantitative estimate of drug-likeness (QED) is 0.331. The lowest BCUT2D eigenvalue weighted by Crippen LogP contribution is -2.17. The summed E-state index contributed by atoms with van der Waals surface area (Å²) in [6.45, 7) is 9.95. The monoisotopic (exact) mass is 471 g/mol. The number of nitrogens with zero attached hydrogens (tertiary/aromatic N) is 1. The van der Waals surface area contributed by atoms with E-state index in [1.165, 1.54) is 70.6 Å². The van der Waals surface area contributed by atoms with E-state index in [4.69, 9.17) is 0 Å². The summed E-state index contributed by atoms with van der Waals surface area (Å²) in [5.41, 5.74) is 3.21. The molecule has 4 rings (SSSR count). The second-order valence-electron chi connectivity index (χ2n) is 10.4. The number of hydrogen-bond acceptors (Lipinski definition) is 3. The highest BCUT2D eigenvalue weighted by molar-refractivity contribution is 6.04. The summed E-state index contributed by atoms with van der Waals surface area (Å²) in [6.07, 6.45) is 20.5. The SMILES string of the molecule is C=CC(=Nc1c(C(=O)NC)c[nH]c1C)C1CC1.CCC.OC(CCC1CCCCC1)CC1CC1. The molecule has 1 atom stereocenters. The molecule has 1 amide bonds. The first-order valence-electron chi connectivity index (χ1n) is 13.7. The largest absolute Gasteiger partial charge is 0.393 e. The van der Waals surface area contributed by atoms with Gasteiger partial charge in [0.05, 0.1) is 17.4 Å². The van der Waals surface area contributed by atoms with Gasteiger partial charge in [0.15, 0.2) is 0 Å². The number of amides is 1. The molecule has 192 valence electrons. The summed E-state index contributed by atoms with van der Waals surface area (Å²) in [4.78, 5) is 19.3.